The molecule has 0 atom stereocenters. The highest BCUT2D eigenvalue weighted by atomic mass is 19.4. The minimum atomic E-state index is -4.53. The molecule has 2 heterocycles. The molecule has 4 N–H and O–H groups in total. The van der Waals surface area contributed by atoms with E-state index >= 15 is 0 Å². The molecule has 0 amide bonds. The maximum absolute atomic E-state index is 13.1. The summed E-state index contributed by atoms with van der Waals surface area (Å²) < 4.78 is 41.1. The number of alkyl halides is 3. The maximum atomic E-state index is 13.1. The van der Waals surface area contributed by atoms with Crippen LogP contribution in [0.4, 0.5) is 24.7 Å². The number of fused-ring (bicyclic) bond motifs is 2. The first-order chi connectivity index (χ1) is 14.3. The van der Waals surface area contributed by atoms with Crippen LogP contribution in [0.25, 0.3) is 22.3 Å². The second-order valence-corrected chi connectivity index (χ2v) is 7.38. The first-order valence-electron chi connectivity index (χ1n) is 9.35. The molecule has 2 aromatic heterocycles. The van der Waals surface area contributed by atoms with Crippen LogP contribution in [0.5, 0.6) is 0 Å². The van der Waals surface area contributed by atoms with Gasteiger partial charge in [0, 0.05) is 11.3 Å². The molecule has 0 saturated heterocycles. The van der Waals surface area contributed by atoms with Crippen molar-refractivity contribution in [2.24, 2.45) is 0 Å². The van der Waals surface area contributed by atoms with Crippen molar-refractivity contribution in [3.8, 4) is 11.3 Å². The van der Waals surface area contributed by atoms with Gasteiger partial charge < -0.3 is 11.5 Å². The zero-order valence-electron chi connectivity index (χ0n) is 15.7. The fourth-order valence-corrected chi connectivity index (χ4v) is 4.13. The van der Waals surface area contributed by atoms with Crippen LogP contribution in [0.3, 0.4) is 0 Å². The molecule has 0 spiro atoms. The Kier molecular flexibility index (Phi) is 3.96. The first kappa shape index (κ1) is 18.4. The van der Waals surface area contributed by atoms with E-state index in [2.05, 4.69) is 22.1 Å². The van der Waals surface area contributed by atoms with E-state index in [0.717, 1.165) is 18.9 Å². The lowest BCUT2D eigenvalue weighted by molar-refractivity contribution is -0.136. The molecular formula is C21H17F3N6. The van der Waals surface area contributed by atoms with E-state index < -0.39 is 11.7 Å². The van der Waals surface area contributed by atoms with Crippen LogP contribution in [-0.2, 0) is 19.0 Å². The Morgan fingerprint density at radius 1 is 0.967 bits per heavy atom. The van der Waals surface area contributed by atoms with Crippen molar-refractivity contribution in [3.63, 3.8) is 0 Å². The Morgan fingerprint density at radius 2 is 1.67 bits per heavy atom. The van der Waals surface area contributed by atoms with Gasteiger partial charge in [-0.15, -0.1) is 0 Å². The van der Waals surface area contributed by atoms with Gasteiger partial charge in [-0.3, -0.25) is 0 Å². The van der Waals surface area contributed by atoms with Gasteiger partial charge in [0.15, 0.2) is 5.65 Å². The van der Waals surface area contributed by atoms with Crippen LogP contribution in [0.1, 0.15) is 22.7 Å². The minimum Gasteiger partial charge on any atom is -0.398 e. The monoisotopic (exact) mass is 410 g/mol. The molecule has 4 aromatic rings. The van der Waals surface area contributed by atoms with E-state index in [1.165, 1.54) is 29.6 Å². The van der Waals surface area contributed by atoms with Crippen molar-refractivity contribution >= 4 is 22.5 Å². The third kappa shape index (κ3) is 2.85. The zero-order chi connectivity index (χ0) is 21.0. The van der Waals surface area contributed by atoms with Gasteiger partial charge in [-0.05, 0) is 36.1 Å². The molecule has 0 saturated carbocycles. The molecular weight excluding hydrogens is 393 g/mol. The van der Waals surface area contributed by atoms with Gasteiger partial charge in [0.05, 0.1) is 17.0 Å². The molecule has 2 aromatic carbocycles. The second kappa shape index (κ2) is 6.45. The molecule has 0 unspecified atom stereocenters. The minimum absolute atomic E-state index is 0.0275. The number of hydrogen-bond donors (Lipinski definition) is 2. The van der Waals surface area contributed by atoms with E-state index in [4.69, 9.17) is 16.6 Å². The highest BCUT2D eigenvalue weighted by molar-refractivity contribution is 5.98. The molecule has 0 radical (unpaired) electrons. The number of nitrogens with zero attached hydrogens (tertiary/aromatic N) is 4. The fourth-order valence-electron chi connectivity index (χ4n) is 4.13. The van der Waals surface area contributed by atoms with Crippen LogP contribution in [0.15, 0.2) is 48.8 Å². The van der Waals surface area contributed by atoms with E-state index in [1.807, 2.05) is 12.1 Å². The molecule has 9 heteroatoms. The number of nitrogens with two attached hydrogens (primary N) is 2. The van der Waals surface area contributed by atoms with Crippen molar-refractivity contribution in [2.75, 3.05) is 11.5 Å². The number of hydrogen-bond acceptors (Lipinski definition) is 5. The molecule has 0 bridgehead atoms. The lowest BCUT2D eigenvalue weighted by Gasteiger charge is -2.11. The Bertz CT molecular complexity index is 1250. The van der Waals surface area contributed by atoms with Gasteiger partial charge in [-0.25, -0.2) is 14.6 Å². The summed E-state index contributed by atoms with van der Waals surface area (Å²) in [6, 6.07) is 11.8. The summed E-state index contributed by atoms with van der Waals surface area (Å²) in [4.78, 5) is 8.43. The zero-order valence-corrected chi connectivity index (χ0v) is 15.7. The van der Waals surface area contributed by atoms with Crippen LogP contribution in [0.2, 0.25) is 0 Å². The van der Waals surface area contributed by atoms with Crippen LogP contribution < -0.4 is 11.5 Å². The fraction of sp³-hybridized carbons (Fsp3) is 0.190. The smallest absolute Gasteiger partial charge is 0.398 e. The van der Waals surface area contributed by atoms with Crippen LogP contribution in [-0.4, -0.2) is 19.7 Å². The van der Waals surface area contributed by atoms with Gasteiger partial charge in [-0.1, -0.05) is 30.3 Å². The van der Waals surface area contributed by atoms with Gasteiger partial charge in [-0.2, -0.15) is 18.3 Å². The second-order valence-electron chi connectivity index (χ2n) is 7.38. The van der Waals surface area contributed by atoms with E-state index in [-0.39, 0.29) is 17.5 Å². The van der Waals surface area contributed by atoms with Gasteiger partial charge in [0.1, 0.15) is 17.8 Å². The number of nitrogen functional groups attached to an aromatic ring is 2. The third-order valence-electron chi connectivity index (χ3n) is 5.52. The number of benzene rings is 2. The van der Waals surface area contributed by atoms with E-state index in [9.17, 15) is 13.2 Å². The molecule has 1 aliphatic carbocycles. The Labute approximate surface area is 169 Å². The predicted octanol–water partition coefficient (Wildman–Crippen LogP) is 4.02. The molecule has 0 aliphatic heterocycles. The number of halogens is 3. The maximum Gasteiger partial charge on any atom is 0.418 e. The topological polar surface area (TPSA) is 95.6 Å². The molecule has 5 rings (SSSR count). The SMILES string of the molecule is Nc1cc(-c2nn(C3Cc4ccccc4C3)c3ncnc(N)c23)ccc1C(F)(F)F. The van der Waals surface area contributed by atoms with Crippen molar-refractivity contribution in [2.45, 2.75) is 25.1 Å². The standard InChI is InChI=1S/C21H17F3N6/c22-21(23,24)15-6-5-13(9-16(15)25)18-17-19(26)27-10-28-20(17)30(29-18)14-7-11-3-1-2-4-12(11)8-14/h1-6,9-10,14H,7-8,25H2,(H2,26,27,28). The van der Waals surface area contributed by atoms with Crippen LogP contribution in [0, 0.1) is 0 Å². The summed E-state index contributed by atoms with van der Waals surface area (Å²) in [7, 11) is 0. The third-order valence-corrected chi connectivity index (χ3v) is 5.52. The lowest BCUT2D eigenvalue weighted by atomic mass is 10.0. The first-order valence-corrected chi connectivity index (χ1v) is 9.35. The normalized spacial score (nSPS) is 14.4. The van der Waals surface area contributed by atoms with Gasteiger partial charge in [0.25, 0.3) is 0 Å². The summed E-state index contributed by atoms with van der Waals surface area (Å²) in [5, 5.41) is 5.22. The Hall–Kier alpha value is -3.62. The van der Waals surface area contributed by atoms with Crippen molar-refractivity contribution in [3.05, 3.63) is 65.5 Å². The summed E-state index contributed by atoms with van der Waals surface area (Å²) in [5.41, 5.74) is 14.4. The van der Waals surface area contributed by atoms with Gasteiger partial charge >= 0.3 is 6.18 Å². The number of aromatic nitrogens is 4. The largest absolute Gasteiger partial charge is 0.418 e. The quantitative estimate of drug-likeness (QED) is 0.487. The van der Waals surface area contributed by atoms with E-state index in [1.54, 1.807) is 4.68 Å². The lowest BCUT2D eigenvalue weighted by Crippen LogP contribution is -2.11. The summed E-state index contributed by atoms with van der Waals surface area (Å²) in [5.74, 6) is 0.218. The van der Waals surface area contributed by atoms with Gasteiger partial charge in [0.2, 0.25) is 0 Å². The highest BCUT2D eigenvalue weighted by Gasteiger charge is 2.33. The predicted molar refractivity (Wildman–Crippen MR) is 107 cm³/mol. The Balaban J connectivity index is 1.65. The summed E-state index contributed by atoms with van der Waals surface area (Å²) >= 11 is 0. The average Bonchev–Trinajstić information content (AvgIpc) is 3.29. The molecule has 1 aliphatic rings. The molecule has 6 nitrogen and oxygen atoms in total. The highest BCUT2D eigenvalue weighted by Crippen LogP contribution is 2.39. The number of rotatable bonds is 2. The Morgan fingerprint density at radius 3 is 2.30 bits per heavy atom. The van der Waals surface area contributed by atoms with Crippen molar-refractivity contribution in [1.82, 2.24) is 19.7 Å². The summed E-state index contributed by atoms with van der Waals surface area (Å²) in [6.07, 6.45) is -1.60. The van der Waals surface area contributed by atoms with Crippen molar-refractivity contribution in [1.29, 1.82) is 0 Å². The summed E-state index contributed by atoms with van der Waals surface area (Å²) in [6.45, 7) is 0. The molecule has 0 fully saturated rings. The van der Waals surface area contributed by atoms with Crippen LogP contribution >= 0.6 is 0 Å². The van der Waals surface area contributed by atoms with E-state index in [0.29, 0.717) is 22.3 Å². The molecule has 30 heavy (non-hydrogen) atoms. The number of anilines is 2. The molecule has 152 valence electrons. The average molecular weight is 410 g/mol. The van der Waals surface area contributed by atoms with Crippen molar-refractivity contribution < 1.29 is 13.2 Å².